The maximum absolute atomic E-state index is 12.4. The summed E-state index contributed by atoms with van der Waals surface area (Å²) in [7, 11) is 0. The average molecular weight is 358 g/mol. The van der Waals surface area contributed by atoms with Crippen LogP contribution in [0.4, 0.5) is 5.69 Å². The lowest BCUT2D eigenvalue weighted by Crippen LogP contribution is -2.40. The summed E-state index contributed by atoms with van der Waals surface area (Å²) in [6, 6.07) is 6.48. The maximum Gasteiger partial charge on any atom is 0.306 e. The Balaban J connectivity index is 1.93. The molecular formula is C19H22N2O5. The number of hydrogen-bond donors (Lipinski definition) is 2. The van der Waals surface area contributed by atoms with Crippen LogP contribution in [0.1, 0.15) is 37.0 Å². The number of hydrogen-bond acceptors (Lipinski definition) is 4. The van der Waals surface area contributed by atoms with Crippen LogP contribution in [0, 0.1) is 5.92 Å². The molecule has 2 rings (SSSR count). The lowest BCUT2D eigenvalue weighted by molar-refractivity contribution is -0.145. The van der Waals surface area contributed by atoms with Crippen LogP contribution in [0.3, 0.4) is 0 Å². The number of piperidine rings is 1. The molecule has 0 aromatic heterocycles. The second-order valence-corrected chi connectivity index (χ2v) is 6.35. The number of Topliss-reactive ketones (excluding diaryl/α,β-unsaturated/α-hetero) is 1. The van der Waals surface area contributed by atoms with Crippen molar-refractivity contribution in [1.29, 1.82) is 0 Å². The molecular weight excluding hydrogens is 336 g/mol. The maximum atomic E-state index is 12.4. The van der Waals surface area contributed by atoms with Gasteiger partial charge in [0, 0.05) is 36.0 Å². The molecule has 0 bridgehead atoms. The summed E-state index contributed by atoms with van der Waals surface area (Å²) < 4.78 is 0. The van der Waals surface area contributed by atoms with Crippen molar-refractivity contribution < 1.29 is 24.3 Å². The largest absolute Gasteiger partial charge is 0.481 e. The molecule has 1 aliphatic rings. The monoisotopic (exact) mass is 358 g/mol. The summed E-state index contributed by atoms with van der Waals surface area (Å²) in [6.45, 7) is 3.76. The van der Waals surface area contributed by atoms with Crippen LogP contribution in [0.15, 0.2) is 35.9 Å². The van der Waals surface area contributed by atoms with Crippen molar-refractivity contribution in [3.63, 3.8) is 0 Å². The molecule has 26 heavy (non-hydrogen) atoms. The minimum absolute atomic E-state index is 0.0594. The fraction of sp³-hybridized carbons (Fsp3) is 0.368. The fourth-order valence-electron chi connectivity index (χ4n) is 2.80. The van der Waals surface area contributed by atoms with Crippen molar-refractivity contribution in [2.24, 2.45) is 5.92 Å². The van der Waals surface area contributed by atoms with E-state index < -0.39 is 17.8 Å². The topological polar surface area (TPSA) is 104 Å². The van der Waals surface area contributed by atoms with Crippen LogP contribution in [0.2, 0.25) is 0 Å². The normalized spacial score (nSPS) is 15.5. The number of aliphatic carboxylic acids is 1. The van der Waals surface area contributed by atoms with E-state index in [9.17, 15) is 19.2 Å². The molecule has 0 radical (unpaired) electrons. The molecule has 2 N–H and O–H groups in total. The van der Waals surface area contributed by atoms with Gasteiger partial charge in [-0.25, -0.2) is 0 Å². The highest BCUT2D eigenvalue weighted by atomic mass is 16.4. The van der Waals surface area contributed by atoms with E-state index in [1.165, 1.54) is 13.0 Å². The van der Waals surface area contributed by atoms with Gasteiger partial charge >= 0.3 is 5.97 Å². The van der Waals surface area contributed by atoms with E-state index in [4.69, 9.17) is 5.11 Å². The third kappa shape index (κ3) is 5.02. The molecule has 1 fully saturated rings. The lowest BCUT2D eigenvalue weighted by Gasteiger charge is -2.30. The van der Waals surface area contributed by atoms with Gasteiger partial charge in [-0.15, -0.1) is 0 Å². The Morgan fingerprint density at radius 2 is 1.65 bits per heavy atom. The van der Waals surface area contributed by atoms with Crippen molar-refractivity contribution in [3.8, 4) is 0 Å². The molecule has 1 aromatic rings. The molecule has 0 unspecified atom stereocenters. The van der Waals surface area contributed by atoms with Gasteiger partial charge in [0.1, 0.15) is 0 Å². The van der Waals surface area contributed by atoms with E-state index in [0.29, 0.717) is 37.2 Å². The van der Waals surface area contributed by atoms with Gasteiger partial charge in [-0.2, -0.15) is 0 Å². The molecule has 7 nitrogen and oxygen atoms in total. The summed E-state index contributed by atoms with van der Waals surface area (Å²) in [4.78, 5) is 48.2. The SMILES string of the molecule is CC(=O)c1ccc(NC(=O)/C=C(/C)C(=O)N2CCC(C(=O)O)CC2)cc1. The average Bonchev–Trinajstić information content (AvgIpc) is 2.61. The summed E-state index contributed by atoms with van der Waals surface area (Å²) in [5.41, 5.74) is 1.37. The Hall–Kier alpha value is -2.96. The Morgan fingerprint density at radius 3 is 2.15 bits per heavy atom. The number of carboxylic acids is 1. The number of anilines is 1. The number of ketones is 1. The number of likely N-dealkylation sites (tertiary alicyclic amines) is 1. The molecule has 7 heteroatoms. The second kappa shape index (κ2) is 8.42. The minimum Gasteiger partial charge on any atom is -0.481 e. The summed E-state index contributed by atoms with van der Waals surface area (Å²) in [5, 5.41) is 11.6. The van der Waals surface area contributed by atoms with E-state index in [1.54, 1.807) is 36.1 Å². The zero-order chi connectivity index (χ0) is 19.3. The standard InChI is InChI=1S/C19H22N2O5/c1-12(18(24)21-9-7-15(8-10-21)19(25)26)11-17(23)20-16-5-3-14(4-6-16)13(2)22/h3-6,11,15H,7-10H2,1-2H3,(H,20,23)(H,25,26)/b12-11-. The molecule has 0 saturated carbocycles. The van der Waals surface area contributed by atoms with Crippen LogP contribution in [-0.4, -0.2) is 46.7 Å². The van der Waals surface area contributed by atoms with Crippen molar-refractivity contribution >= 4 is 29.3 Å². The van der Waals surface area contributed by atoms with Gasteiger partial charge in [0.25, 0.3) is 0 Å². The van der Waals surface area contributed by atoms with Gasteiger partial charge in [0.05, 0.1) is 5.92 Å². The van der Waals surface area contributed by atoms with Gasteiger partial charge in [-0.3, -0.25) is 19.2 Å². The minimum atomic E-state index is -0.834. The molecule has 0 aliphatic carbocycles. The fourth-order valence-corrected chi connectivity index (χ4v) is 2.80. The van der Waals surface area contributed by atoms with Crippen LogP contribution >= 0.6 is 0 Å². The number of nitrogens with zero attached hydrogens (tertiary/aromatic N) is 1. The van der Waals surface area contributed by atoms with Crippen molar-refractivity contribution in [1.82, 2.24) is 4.90 Å². The second-order valence-electron chi connectivity index (χ2n) is 6.35. The first-order valence-corrected chi connectivity index (χ1v) is 8.40. The number of carbonyl (C=O) groups is 4. The molecule has 138 valence electrons. The first-order chi connectivity index (χ1) is 12.3. The number of carbonyl (C=O) groups excluding carboxylic acids is 3. The molecule has 0 spiro atoms. The Morgan fingerprint density at radius 1 is 1.08 bits per heavy atom. The van der Waals surface area contributed by atoms with Crippen LogP contribution in [0.25, 0.3) is 0 Å². The van der Waals surface area contributed by atoms with E-state index in [-0.39, 0.29) is 17.3 Å². The number of rotatable bonds is 5. The number of amides is 2. The highest BCUT2D eigenvalue weighted by molar-refractivity contribution is 6.06. The van der Waals surface area contributed by atoms with Crippen LogP contribution in [-0.2, 0) is 14.4 Å². The summed E-state index contributed by atoms with van der Waals surface area (Å²) in [5.74, 6) is -2.01. The molecule has 2 amide bonds. The Labute approximate surface area is 151 Å². The van der Waals surface area contributed by atoms with Crippen LogP contribution < -0.4 is 5.32 Å². The van der Waals surface area contributed by atoms with Gasteiger partial charge in [-0.1, -0.05) is 0 Å². The van der Waals surface area contributed by atoms with Gasteiger partial charge < -0.3 is 15.3 Å². The molecule has 1 aromatic carbocycles. The van der Waals surface area contributed by atoms with Gasteiger partial charge in [0.2, 0.25) is 11.8 Å². The molecule has 1 aliphatic heterocycles. The quantitative estimate of drug-likeness (QED) is 0.620. The van der Waals surface area contributed by atoms with E-state index >= 15 is 0 Å². The van der Waals surface area contributed by atoms with Gasteiger partial charge in [0.15, 0.2) is 5.78 Å². The van der Waals surface area contributed by atoms with Crippen molar-refractivity contribution in [3.05, 3.63) is 41.5 Å². The number of benzene rings is 1. The van der Waals surface area contributed by atoms with Gasteiger partial charge in [-0.05, 0) is 51.0 Å². The van der Waals surface area contributed by atoms with Crippen LogP contribution in [0.5, 0.6) is 0 Å². The Bertz CT molecular complexity index is 744. The van der Waals surface area contributed by atoms with E-state index in [1.807, 2.05) is 0 Å². The predicted molar refractivity (Wildman–Crippen MR) is 95.8 cm³/mol. The number of nitrogens with one attached hydrogen (secondary N) is 1. The van der Waals surface area contributed by atoms with Crippen molar-refractivity contribution in [2.75, 3.05) is 18.4 Å². The summed E-state index contributed by atoms with van der Waals surface area (Å²) >= 11 is 0. The van der Waals surface area contributed by atoms with E-state index in [0.717, 1.165) is 0 Å². The molecule has 0 atom stereocenters. The first kappa shape index (κ1) is 19.4. The van der Waals surface area contributed by atoms with Crippen molar-refractivity contribution in [2.45, 2.75) is 26.7 Å². The smallest absolute Gasteiger partial charge is 0.306 e. The zero-order valence-corrected chi connectivity index (χ0v) is 14.8. The number of carboxylic acid groups (broad SMARTS) is 1. The third-order valence-corrected chi connectivity index (χ3v) is 4.38. The molecule has 1 saturated heterocycles. The highest BCUT2D eigenvalue weighted by Gasteiger charge is 2.27. The predicted octanol–water partition coefficient (Wildman–Crippen LogP) is 2.10. The summed E-state index contributed by atoms with van der Waals surface area (Å²) in [6.07, 6.45) is 2.07. The first-order valence-electron chi connectivity index (χ1n) is 8.40. The van der Waals surface area contributed by atoms with E-state index in [2.05, 4.69) is 5.32 Å². The zero-order valence-electron chi connectivity index (χ0n) is 14.8. The highest BCUT2D eigenvalue weighted by Crippen LogP contribution is 2.19. The molecule has 1 heterocycles. The Kier molecular flexibility index (Phi) is 6.27. The third-order valence-electron chi connectivity index (χ3n) is 4.38. The lowest BCUT2D eigenvalue weighted by atomic mass is 9.96.